The molecule has 1 amide bonds. The Hall–Kier alpha value is -2.63. The minimum absolute atomic E-state index is 0.00290. The van der Waals surface area contributed by atoms with Crippen molar-refractivity contribution in [3.05, 3.63) is 57.8 Å². The quantitative estimate of drug-likeness (QED) is 0.913. The molecule has 1 aromatic carbocycles. The summed E-state index contributed by atoms with van der Waals surface area (Å²) in [5.41, 5.74) is 0.178. The first kappa shape index (κ1) is 18.2. The van der Waals surface area contributed by atoms with E-state index in [1.807, 2.05) is 44.2 Å². The van der Waals surface area contributed by atoms with Gasteiger partial charge in [0.05, 0.1) is 0 Å². The van der Waals surface area contributed by atoms with Crippen molar-refractivity contribution in [2.45, 2.75) is 52.1 Å². The van der Waals surface area contributed by atoms with Crippen LogP contribution in [0.2, 0.25) is 0 Å². The van der Waals surface area contributed by atoms with Crippen LogP contribution in [0.4, 0.5) is 0 Å². The van der Waals surface area contributed by atoms with Gasteiger partial charge in [-0.25, -0.2) is 0 Å². The van der Waals surface area contributed by atoms with Crippen molar-refractivity contribution < 1.29 is 9.90 Å². The summed E-state index contributed by atoms with van der Waals surface area (Å²) in [6.45, 7) is 9.05. The van der Waals surface area contributed by atoms with E-state index in [1.54, 1.807) is 9.47 Å². The van der Waals surface area contributed by atoms with Crippen LogP contribution in [-0.2, 0) is 18.4 Å². The molecule has 2 heterocycles. The van der Waals surface area contributed by atoms with E-state index < -0.39 is 11.3 Å². The van der Waals surface area contributed by atoms with Crippen molar-refractivity contribution in [3.8, 4) is 5.75 Å². The summed E-state index contributed by atoms with van der Waals surface area (Å²) in [6.07, 6.45) is 0.495. The first-order valence-electron chi connectivity index (χ1n) is 8.91. The van der Waals surface area contributed by atoms with Gasteiger partial charge >= 0.3 is 5.56 Å². The molecule has 0 spiro atoms. The van der Waals surface area contributed by atoms with E-state index in [2.05, 4.69) is 18.8 Å². The fourth-order valence-corrected chi connectivity index (χ4v) is 3.51. The Balaban J connectivity index is 2.07. The van der Waals surface area contributed by atoms with Gasteiger partial charge in [0, 0.05) is 25.6 Å². The smallest absolute Gasteiger partial charge is 0.315 e. The summed E-state index contributed by atoms with van der Waals surface area (Å²) in [5, 5.41) is 10.2. The summed E-state index contributed by atoms with van der Waals surface area (Å²) < 4.78 is 1.71. The van der Waals surface area contributed by atoms with Gasteiger partial charge in [-0.05, 0) is 24.8 Å². The summed E-state index contributed by atoms with van der Waals surface area (Å²) in [7, 11) is 0. The maximum Gasteiger partial charge on any atom is 0.315 e. The summed E-state index contributed by atoms with van der Waals surface area (Å²) >= 11 is 0. The van der Waals surface area contributed by atoms with Crippen LogP contribution in [0, 0.1) is 0 Å². The normalized spacial score (nSPS) is 14.7. The Kier molecular flexibility index (Phi) is 4.61. The van der Waals surface area contributed by atoms with Gasteiger partial charge in [0.2, 0.25) is 5.75 Å². The molecule has 0 atom stereocenters. The molecule has 1 aliphatic heterocycles. The largest absolute Gasteiger partial charge is 0.501 e. The van der Waals surface area contributed by atoms with E-state index >= 15 is 0 Å². The number of hydrogen-bond donors (Lipinski definition) is 1. The van der Waals surface area contributed by atoms with Gasteiger partial charge in [0.25, 0.3) is 5.91 Å². The molecule has 1 aliphatic rings. The highest BCUT2D eigenvalue weighted by atomic mass is 16.3. The number of aromatic hydroxyl groups is 1. The van der Waals surface area contributed by atoms with Crippen LogP contribution in [0.15, 0.2) is 35.1 Å². The zero-order valence-electron chi connectivity index (χ0n) is 15.7. The topological polar surface area (TPSA) is 75.4 Å². The van der Waals surface area contributed by atoms with Crippen LogP contribution < -0.4 is 5.56 Å². The molecule has 6 heteroatoms. The number of hydrogen-bond acceptors (Lipinski definition) is 4. The zero-order valence-corrected chi connectivity index (χ0v) is 15.7. The van der Waals surface area contributed by atoms with Crippen molar-refractivity contribution in [3.63, 3.8) is 0 Å². The number of amides is 1. The number of carbonyl (C=O) groups is 1. The maximum atomic E-state index is 12.8. The molecule has 26 heavy (non-hydrogen) atoms. The van der Waals surface area contributed by atoms with Crippen LogP contribution in [0.1, 0.15) is 49.6 Å². The number of aromatic nitrogens is 2. The fraction of sp³-hybridized carbons (Fsp3) is 0.450. The number of carbonyl (C=O) groups excluding carboxylic acids is 1. The summed E-state index contributed by atoms with van der Waals surface area (Å²) in [5.74, 6) is -0.336. The van der Waals surface area contributed by atoms with E-state index in [-0.39, 0.29) is 23.1 Å². The number of rotatable bonds is 4. The van der Waals surface area contributed by atoms with Crippen LogP contribution in [0.25, 0.3) is 0 Å². The lowest BCUT2D eigenvalue weighted by Crippen LogP contribution is -2.46. The van der Waals surface area contributed by atoms with Crippen LogP contribution in [0.3, 0.4) is 0 Å². The van der Waals surface area contributed by atoms with Gasteiger partial charge in [-0.3, -0.25) is 9.59 Å². The molecule has 0 unspecified atom stereocenters. The molecule has 1 N–H and O–H groups in total. The van der Waals surface area contributed by atoms with Gasteiger partial charge < -0.3 is 14.6 Å². The van der Waals surface area contributed by atoms with Crippen LogP contribution in [-0.4, -0.2) is 38.1 Å². The highest BCUT2D eigenvalue weighted by Crippen LogP contribution is 2.29. The second-order valence-corrected chi connectivity index (χ2v) is 7.70. The molecule has 6 nitrogen and oxygen atoms in total. The highest BCUT2D eigenvalue weighted by molar-refractivity contribution is 5.95. The summed E-state index contributed by atoms with van der Waals surface area (Å²) in [6, 6.07) is 10.0. The number of nitrogens with zero attached hydrogens (tertiary/aromatic N) is 3. The first-order valence-corrected chi connectivity index (χ1v) is 8.91. The SMILES string of the molecule is CC(C)N1CCn2c(CC(C)(C)c3ccccc3)nc(=O)c(O)c2C1=O. The van der Waals surface area contributed by atoms with Gasteiger partial charge in [0.15, 0.2) is 5.69 Å². The monoisotopic (exact) mass is 355 g/mol. The molecular formula is C20H25N3O3. The van der Waals surface area contributed by atoms with Gasteiger partial charge in [-0.2, -0.15) is 4.98 Å². The second-order valence-electron chi connectivity index (χ2n) is 7.70. The second kappa shape index (κ2) is 6.59. The standard InChI is InChI=1S/C20H25N3O3/c1-13(2)22-10-11-23-15(21-18(25)17(24)16(23)19(22)26)12-20(3,4)14-8-6-5-7-9-14/h5-9,13,24H,10-12H2,1-4H3. The molecular weight excluding hydrogens is 330 g/mol. The summed E-state index contributed by atoms with van der Waals surface area (Å²) in [4.78, 5) is 30.8. The van der Waals surface area contributed by atoms with Crippen LogP contribution in [0.5, 0.6) is 5.75 Å². The predicted octanol–water partition coefficient (Wildman–Crippen LogP) is 2.33. The Morgan fingerprint density at radius 3 is 2.42 bits per heavy atom. The van der Waals surface area contributed by atoms with Crippen molar-refractivity contribution in [2.75, 3.05) is 6.54 Å². The van der Waals surface area contributed by atoms with Crippen molar-refractivity contribution >= 4 is 5.91 Å². The minimum Gasteiger partial charge on any atom is -0.501 e. The Labute approximate surface area is 153 Å². The Morgan fingerprint density at radius 1 is 1.15 bits per heavy atom. The third-order valence-corrected chi connectivity index (χ3v) is 5.05. The van der Waals surface area contributed by atoms with E-state index in [9.17, 15) is 14.7 Å². The zero-order chi connectivity index (χ0) is 19.1. The molecule has 3 rings (SSSR count). The molecule has 138 valence electrons. The third kappa shape index (κ3) is 3.11. The molecule has 0 fully saturated rings. The van der Waals surface area contributed by atoms with Gasteiger partial charge in [-0.1, -0.05) is 44.2 Å². The van der Waals surface area contributed by atoms with Gasteiger partial charge in [-0.15, -0.1) is 0 Å². The predicted molar refractivity (Wildman–Crippen MR) is 99.5 cm³/mol. The van der Waals surface area contributed by atoms with Crippen LogP contribution >= 0.6 is 0 Å². The highest BCUT2D eigenvalue weighted by Gasteiger charge is 2.33. The molecule has 0 saturated carbocycles. The minimum atomic E-state index is -0.742. The van der Waals surface area contributed by atoms with Crippen molar-refractivity contribution in [1.29, 1.82) is 0 Å². The average molecular weight is 355 g/mol. The lowest BCUT2D eigenvalue weighted by Gasteiger charge is -2.35. The Morgan fingerprint density at radius 2 is 1.81 bits per heavy atom. The molecule has 2 aromatic rings. The molecule has 1 aromatic heterocycles. The van der Waals surface area contributed by atoms with E-state index in [4.69, 9.17) is 0 Å². The van der Waals surface area contributed by atoms with Crippen molar-refractivity contribution in [1.82, 2.24) is 14.5 Å². The third-order valence-electron chi connectivity index (χ3n) is 5.05. The molecule has 0 bridgehead atoms. The van der Waals surface area contributed by atoms with E-state index in [0.717, 1.165) is 5.56 Å². The number of fused-ring (bicyclic) bond motifs is 1. The van der Waals surface area contributed by atoms with Gasteiger partial charge in [0.1, 0.15) is 5.82 Å². The first-order chi connectivity index (χ1) is 12.2. The van der Waals surface area contributed by atoms with Crippen molar-refractivity contribution in [2.24, 2.45) is 0 Å². The fourth-order valence-electron chi connectivity index (χ4n) is 3.51. The molecule has 0 aliphatic carbocycles. The average Bonchev–Trinajstić information content (AvgIpc) is 2.59. The maximum absolute atomic E-state index is 12.8. The van der Waals surface area contributed by atoms with E-state index in [0.29, 0.717) is 25.3 Å². The number of benzene rings is 1. The van der Waals surface area contributed by atoms with E-state index in [1.165, 1.54) is 0 Å². The Bertz CT molecular complexity index is 885. The molecule has 0 radical (unpaired) electrons. The lowest BCUT2D eigenvalue weighted by atomic mass is 9.81. The molecule has 0 saturated heterocycles. The lowest BCUT2D eigenvalue weighted by molar-refractivity contribution is 0.0637.